The van der Waals surface area contributed by atoms with E-state index in [9.17, 15) is 4.79 Å². The fourth-order valence-electron chi connectivity index (χ4n) is 5.26. The van der Waals surface area contributed by atoms with Crippen LogP contribution in [0.2, 0.25) is 0 Å². The van der Waals surface area contributed by atoms with Crippen LogP contribution in [0, 0.1) is 0 Å². The lowest BCUT2D eigenvalue weighted by Crippen LogP contribution is -2.46. The number of aromatic nitrogens is 2. The molecule has 1 aliphatic heterocycles. The Balaban J connectivity index is 1.46. The van der Waals surface area contributed by atoms with E-state index >= 15 is 0 Å². The summed E-state index contributed by atoms with van der Waals surface area (Å²) in [7, 11) is 0. The minimum absolute atomic E-state index is 0.169. The van der Waals surface area contributed by atoms with Gasteiger partial charge >= 0.3 is 6.03 Å². The molecule has 4 aromatic rings. The zero-order chi connectivity index (χ0) is 24.6. The van der Waals surface area contributed by atoms with Crippen molar-refractivity contribution in [1.82, 2.24) is 15.5 Å². The lowest BCUT2D eigenvalue weighted by Gasteiger charge is -2.35. The van der Waals surface area contributed by atoms with Crippen molar-refractivity contribution in [2.24, 2.45) is 0 Å². The summed E-state index contributed by atoms with van der Waals surface area (Å²) in [5.74, 6) is 0.933. The van der Waals surface area contributed by atoms with E-state index in [4.69, 9.17) is 9.51 Å². The Kier molecular flexibility index (Phi) is 5.64. The molecule has 1 atom stereocenters. The molecule has 0 saturated carbocycles. The van der Waals surface area contributed by atoms with Crippen LogP contribution in [0.4, 0.5) is 10.5 Å². The molecule has 0 radical (unpaired) electrons. The highest BCUT2D eigenvalue weighted by Crippen LogP contribution is 2.40. The predicted molar refractivity (Wildman–Crippen MR) is 140 cm³/mol. The van der Waals surface area contributed by atoms with E-state index in [1.165, 1.54) is 16.7 Å². The summed E-state index contributed by atoms with van der Waals surface area (Å²) < 4.78 is 5.83. The minimum atomic E-state index is -0.403. The first-order valence-corrected chi connectivity index (χ1v) is 12.5. The average Bonchev–Trinajstić information content (AvgIpc) is 3.59. The van der Waals surface area contributed by atoms with Crippen LogP contribution in [0.3, 0.4) is 0 Å². The van der Waals surface area contributed by atoms with Gasteiger partial charge in [0.05, 0.1) is 17.3 Å². The number of fused-ring (bicyclic) bond motifs is 1. The number of hydrogen-bond donors (Lipinski definition) is 1. The molecule has 0 fully saturated rings. The Morgan fingerprint density at radius 2 is 1.78 bits per heavy atom. The SMILES string of the molecule is CCc1ccc(-c2noc(C3=C(C)N(c4ccc5c(c4)CCC5)C(=O)NC3c3ccccc3)n2)cc1. The quantitative estimate of drug-likeness (QED) is 0.357. The van der Waals surface area contributed by atoms with Crippen molar-refractivity contribution >= 4 is 17.3 Å². The smallest absolute Gasteiger partial charge is 0.326 e. The van der Waals surface area contributed by atoms with Gasteiger partial charge in [0.25, 0.3) is 5.89 Å². The van der Waals surface area contributed by atoms with Gasteiger partial charge in [-0.1, -0.05) is 72.7 Å². The summed E-state index contributed by atoms with van der Waals surface area (Å²) in [5.41, 5.74) is 8.22. The topological polar surface area (TPSA) is 71.3 Å². The van der Waals surface area contributed by atoms with Crippen molar-refractivity contribution in [1.29, 1.82) is 0 Å². The summed E-state index contributed by atoms with van der Waals surface area (Å²) >= 11 is 0. The Labute approximate surface area is 210 Å². The maximum atomic E-state index is 13.5. The molecule has 1 aliphatic carbocycles. The fraction of sp³-hybridized carbons (Fsp3) is 0.233. The number of nitrogens with zero attached hydrogens (tertiary/aromatic N) is 3. The van der Waals surface area contributed by atoms with Crippen LogP contribution < -0.4 is 10.2 Å². The monoisotopic (exact) mass is 476 g/mol. The van der Waals surface area contributed by atoms with E-state index in [2.05, 4.69) is 41.7 Å². The molecule has 6 nitrogen and oxygen atoms in total. The van der Waals surface area contributed by atoms with Crippen molar-refractivity contribution in [3.8, 4) is 11.4 Å². The van der Waals surface area contributed by atoms with Gasteiger partial charge in [-0.3, -0.25) is 4.90 Å². The molecule has 0 bridgehead atoms. The second-order valence-corrected chi connectivity index (χ2v) is 9.41. The van der Waals surface area contributed by atoms with E-state index in [1.807, 2.05) is 55.5 Å². The van der Waals surface area contributed by atoms with Gasteiger partial charge in [-0.2, -0.15) is 4.98 Å². The molecule has 1 aromatic heterocycles. The molecular formula is C30H28N4O2. The maximum Gasteiger partial charge on any atom is 0.326 e. The van der Waals surface area contributed by atoms with Gasteiger partial charge in [-0.25, -0.2) is 4.79 Å². The van der Waals surface area contributed by atoms with E-state index in [-0.39, 0.29) is 6.03 Å². The maximum absolute atomic E-state index is 13.5. The van der Waals surface area contributed by atoms with Gasteiger partial charge in [-0.15, -0.1) is 0 Å². The van der Waals surface area contributed by atoms with Crippen LogP contribution in [-0.2, 0) is 19.3 Å². The van der Waals surface area contributed by atoms with E-state index in [1.54, 1.807) is 4.90 Å². The summed E-state index contributed by atoms with van der Waals surface area (Å²) in [6.45, 7) is 4.09. The summed E-state index contributed by atoms with van der Waals surface area (Å²) in [6, 6.07) is 23.8. The van der Waals surface area contributed by atoms with Crippen LogP contribution in [0.25, 0.3) is 17.0 Å². The number of urea groups is 1. The van der Waals surface area contributed by atoms with Crippen molar-refractivity contribution in [3.63, 3.8) is 0 Å². The number of carbonyl (C=O) groups excluding carboxylic acids is 1. The molecule has 6 heteroatoms. The largest absolute Gasteiger partial charge is 0.334 e. The normalized spacial score (nSPS) is 17.3. The number of nitrogens with one attached hydrogen (secondary N) is 1. The number of aryl methyl sites for hydroxylation is 3. The van der Waals surface area contributed by atoms with E-state index in [0.717, 1.165) is 53.8 Å². The molecule has 2 aliphatic rings. The molecular weight excluding hydrogens is 448 g/mol. The zero-order valence-electron chi connectivity index (χ0n) is 20.5. The second kappa shape index (κ2) is 9.11. The highest BCUT2D eigenvalue weighted by Gasteiger charge is 2.36. The fourth-order valence-corrected chi connectivity index (χ4v) is 5.26. The van der Waals surface area contributed by atoms with Gasteiger partial charge in [0.2, 0.25) is 5.82 Å². The minimum Gasteiger partial charge on any atom is -0.334 e. The first kappa shape index (κ1) is 22.3. The third-order valence-corrected chi connectivity index (χ3v) is 7.23. The zero-order valence-corrected chi connectivity index (χ0v) is 20.5. The molecule has 2 heterocycles. The van der Waals surface area contributed by atoms with Crippen LogP contribution in [0.5, 0.6) is 0 Å². The molecule has 1 unspecified atom stereocenters. The molecule has 0 saturated heterocycles. The lowest BCUT2D eigenvalue weighted by atomic mass is 9.94. The molecule has 3 aromatic carbocycles. The van der Waals surface area contributed by atoms with Gasteiger partial charge in [-0.05, 0) is 67.0 Å². The Morgan fingerprint density at radius 3 is 2.56 bits per heavy atom. The van der Waals surface area contributed by atoms with Gasteiger partial charge in [0, 0.05) is 11.3 Å². The Morgan fingerprint density at radius 1 is 1.00 bits per heavy atom. The number of rotatable bonds is 5. The van der Waals surface area contributed by atoms with Crippen molar-refractivity contribution < 1.29 is 9.32 Å². The molecule has 0 spiro atoms. The number of anilines is 1. The molecule has 6 rings (SSSR count). The predicted octanol–water partition coefficient (Wildman–Crippen LogP) is 6.49. The number of benzene rings is 3. The van der Waals surface area contributed by atoms with E-state index < -0.39 is 6.04 Å². The van der Waals surface area contributed by atoms with Crippen LogP contribution >= 0.6 is 0 Å². The molecule has 1 N–H and O–H groups in total. The first-order valence-electron chi connectivity index (χ1n) is 12.5. The first-order chi connectivity index (χ1) is 17.6. The summed E-state index contributed by atoms with van der Waals surface area (Å²) in [5, 5.41) is 7.49. The third-order valence-electron chi connectivity index (χ3n) is 7.23. The molecule has 36 heavy (non-hydrogen) atoms. The van der Waals surface area contributed by atoms with Crippen molar-refractivity contribution in [2.75, 3.05) is 4.90 Å². The van der Waals surface area contributed by atoms with E-state index in [0.29, 0.717) is 11.7 Å². The summed E-state index contributed by atoms with van der Waals surface area (Å²) in [6.07, 6.45) is 4.28. The van der Waals surface area contributed by atoms with Gasteiger partial charge < -0.3 is 9.84 Å². The standard InChI is InChI=1S/C30H28N4O2/c1-3-20-12-14-23(15-13-20)28-32-29(36-33-28)26-19(2)34(25-17-16-21-10-7-11-24(21)18-25)30(35)31-27(26)22-8-5-4-6-9-22/h4-6,8-9,12-18,27H,3,7,10-11H2,1-2H3,(H,31,35). The third kappa shape index (κ3) is 3.88. The Bertz CT molecular complexity index is 1450. The van der Waals surface area contributed by atoms with Crippen LogP contribution in [-0.4, -0.2) is 16.2 Å². The van der Waals surface area contributed by atoms with Gasteiger partial charge in [0.15, 0.2) is 0 Å². The lowest BCUT2D eigenvalue weighted by molar-refractivity contribution is 0.244. The number of amides is 2. The van der Waals surface area contributed by atoms with Crippen molar-refractivity contribution in [2.45, 2.75) is 45.6 Å². The summed E-state index contributed by atoms with van der Waals surface area (Å²) in [4.78, 5) is 20.0. The highest BCUT2D eigenvalue weighted by atomic mass is 16.5. The molecule has 2 amide bonds. The van der Waals surface area contributed by atoms with Crippen LogP contribution in [0.15, 0.2) is 83.0 Å². The highest BCUT2D eigenvalue weighted by molar-refractivity contribution is 6.01. The van der Waals surface area contributed by atoms with Gasteiger partial charge in [0.1, 0.15) is 0 Å². The Hall–Kier alpha value is -4.19. The average molecular weight is 477 g/mol. The molecule has 180 valence electrons. The second-order valence-electron chi connectivity index (χ2n) is 9.41. The van der Waals surface area contributed by atoms with Crippen LogP contribution in [0.1, 0.15) is 54.5 Å². The number of allylic oxidation sites excluding steroid dienone is 1. The number of carbonyl (C=O) groups is 1. The number of hydrogen-bond acceptors (Lipinski definition) is 4. The van der Waals surface area contributed by atoms with Crippen molar-refractivity contribution in [3.05, 3.63) is 107 Å².